The molecule has 1 aromatic heterocycles. The van der Waals surface area contributed by atoms with Gasteiger partial charge in [-0.1, -0.05) is 11.8 Å². The Labute approximate surface area is 140 Å². The minimum absolute atomic E-state index is 0.257. The van der Waals surface area contributed by atoms with Crippen LogP contribution in [0.15, 0.2) is 47.5 Å². The molecule has 0 atom stereocenters. The van der Waals surface area contributed by atoms with Gasteiger partial charge in [0, 0.05) is 5.56 Å². The number of thiazole rings is 1. The van der Waals surface area contributed by atoms with E-state index in [2.05, 4.69) is 15.3 Å². The zero-order valence-electron chi connectivity index (χ0n) is 12.1. The summed E-state index contributed by atoms with van der Waals surface area (Å²) in [7, 11) is 0. The van der Waals surface area contributed by atoms with Crippen molar-refractivity contribution in [1.82, 2.24) is 10.3 Å². The number of rotatable bonds is 2. The smallest absolute Gasteiger partial charge is 0.183 e. The molecule has 0 fully saturated rings. The lowest BCUT2D eigenvalue weighted by molar-refractivity contribution is 0.630. The van der Waals surface area contributed by atoms with Crippen LogP contribution in [-0.2, 0) is 0 Å². The molecule has 0 spiro atoms. The standard InChI is InChI=1S/C16H11FN4S2/c1-22-16(19-9-18)20-12-5-2-10(3-6-12)15-21-13-7-4-11(17)8-14(13)23-15/h2-8H,1H3,(H,19,20). The monoisotopic (exact) mass is 342 g/mol. The summed E-state index contributed by atoms with van der Waals surface area (Å²) in [6.07, 6.45) is 3.70. The Morgan fingerprint density at radius 3 is 2.78 bits per heavy atom. The molecule has 7 heteroatoms. The van der Waals surface area contributed by atoms with Gasteiger partial charge >= 0.3 is 0 Å². The number of hydrogen-bond donors (Lipinski definition) is 1. The van der Waals surface area contributed by atoms with E-state index in [1.807, 2.05) is 36.7 Å². The molecule has 0 aliphatic heterocycles. The highest BCUT2D eigenvalue weighted by Crippen LogP contribution is 2.31. The van der Waals surface area contributed by atoms with Crippen LogP contribution in [0.5, 0.6) is 0 Å². The van der Waals surface area contributed by atoms with Crippen LogP contribution < -0.4 is 5.32 Å². The molecular weight excluding hydrogens is 331 g/mol. The van der Waals surface area contributed by atoms with E-state index in [4.69, 9.17) is 5.26 Å². The van der Waals surface area contributed by atoms with Crippen molar-refractivity contribution in [1.29, 1.82) is 5.26 Å². The first-order valence-corrected chi connectivity index (χ1v) is 8.68. The van der Waals surface area contributed by atoms with E-state index >= 15 is 0 Å². The summed E-state index contributed by atoms with van der Waals surface area (Å²) >= 11 is 2.82. The molecule has 23 heavy (non-hydrogen) atoms. The number of fused-ring (bicyclic) bond motifs is 1. The van der Waals surface area contributed by atoms with Crippen LogP contribution in [0.25, 0.3) is 20.8 Å². The van der Waals surface area contributed by atoms with Crippen molar-refractivity contribution in [2.45, 2.75) is 0 Å². The second kappa shape index (κ2) is 6.77. The summed E-state index contributed by atoms with van der Waals surface area (Å²) in [6, 6.07) is 12.1. The van der Waals surface area contributed by atoms with Gasteiger partial charge < -0.3 is 0 Å². The first-order chi connectivity index (χ1) is 11.2. The number of aromatic nitrogens is 1. The van der Waals surface area contributed by atoms with E-state index in [1.165, 1.54) is 35.2 Å². The van der Waals surface area contributed by atoms with Crippen LogP contribution in [0.2, 0.25) is 0 Å². The number of nitriles is 1. The molecule has 0 amide bonds. The Bertz CT molecular complexity index is 910. The molecule has 3 rings (SSSR count). The molecule has 4 nitrogen and oxygen atoms in total. The van der Waals surface area contributed by atoms with Gasteiger partial charge in [-0.3, -0.25) is 5.32 Å². The average molecular weight is 342 g/mol. The van der Waals surface area contributed by atoms with Crippen molar-refractivity contribution in [3.8, 4) is 16.8 Å². The highest BCUT2D eigenvalue weighted by Gasteiger charge is 2.07. The van der Waals surface area contributed by atoms with Crippen molar-refractivity contribution in [3.05, 3.63) is 48.3 Å². The second-order valence-electron chi connectivity index (χ2n) is 4.54. The fourth-order valence-corrected chi connectivity index (χ4v) is 3.33. The molecule has 0 saturated carbocycles. The number of thioether (sulfide) groups is 1. The highest BCUT2D eigenvalue weighted by atomic mass is 32.2. The molecule has 0 aliphatic carbocycles. The van der Waals surface area contributed by atoms with Crippen LogP contribution in [0.1, 0.15) is 0 Å². The quantitative estimate of drug-likeness (QED) is 0.322. The van der Waals surface area contributed by atoms with Gasteiger partial charge in [0.2, 0.25) is 0 Å². The SMILES string of the molecule is CSC(=Nc1ccc(-c2nc3ccc(F)cc3s2)cc1)NC#N. The molecule has 0 bridgehead atoms. The fourth-order valence-electron chi connectivity index (χ4n) is 1.99. The topological polar surface area (TPSA) is 61.1 Å². The zero-order valence-corrected chi connectivity index (χ0v) is 13.7. The Morgan fingerprint density at radius 1 is 1.30 bits per heavy atom. The Morgan fingerprint density at radius 2 is 2.09 bits per heavy atom. The van der Waals surface area contributed by atoms with Gasteiger partial charge in [0.05, 0.1) is 15.9 Å². The van der Waals surface area contributed by atoms with E-state index in [1.54, 1.807) is 6.07 Å². The van der Waals surface area contributed by atoms with Crippen LogP contribution in [0.4, 0.5) is 10.1 Å². The predicted molar refractivity (Wildman–Crippen MR) is 94.4 cm³/mol. The molecular formula is C16H11FN4S2. The molecule has 2 aromatic carbocycles. The van der Waals surface area contributed by atoms with E-state index < -0.39 is 0 Å². The number of aliphatic imine (C=N–C) groups is 1. The number of hydrogen-bond acceptors (Lipinski definition) is 5. The van der Waals surface area contributed by atoms with Gasteiger partial charge in [0.15, 0.2) is 11.4 Å². The predicted octanol–water partition coefficient (Wildman–Crippen LogP) is 4.52. The minimum atomic E-state index is -0.257. The lowest BCUT2D eigenvalue weighted by Crippen LogP contribution is -2.12. The van der Waals surface area contributed by atoms with E-state index in [0.717, 1.165) is 26.5 Å². The summed E-state index contributed by atoms with van der Waals surface area (Å²) in [6.45, 7) is 0. The maximum absolute atomic E-state index is 13.3. The minimum Gasteiger partial charge on any atom is -0.271 e. The largest absolute Gasteiger partial charge is 0.271 e. The van der Waals surface area contributed by atoms with Crippen molar-refractivity contribution >= 4 is 44.2 Å². The normalized spacial score (nSPS) is 11.4. The lowest BCUT2D eigenvalue weighted by atomic mass is 10.2. The van der Waals surface area contributed by atoms with Crippen molar-refractivity contribution in [2.75, 3.05) is 6.26 Å². The Balaban J connectivity index is 1.90. The number of amidine groups is 1. The summed E-state index contributed by atoms with van der Waals surface area (Å²) in [5, 5.41) is 12.5. The third-order valence-corrected chi connectivity index (χ3v) is 4.70. The first-order valence-electron chi connectivity index (χ1n) is 6.64. The van der Waals surface area contributed by atoms with Gasteiger partial charge in [-0.25, -0.2) is 14.4 Å². The van der Waals surface area contributed by atoms with Crippen molar-refractivity contribution < 1.29 is 4.39 Å². The molecule has 114 valence electrons. The highest BCUT2D eigenvalue weighted by molar-refractivity contribution is 8.13. The van der Waals surface area contributed by atoms with Crippen LogP contribution in [0, 0.1) is 17.3 Å². The summed E-state index contributed by atoms with van der Waals surface area (Å²) < 4.78 is 14.1. The van der Waals surface area contributed by atoms with Gasteiger partial charge in [-0.05, 0) is 48.7 Å². The van der Waals surface area contributed by atoms with Gasteiger partial charge in [0.1, 0.15) is 10.8 Å². The van der Waals surface area contributed by atoms with Crippen LogP contribution in [0.3, 0.4) is 0 Å². The summed E-state index contributed by atoms with van der Waals surface area (Å²) in [5.74, 6) is -0.257. The number of nitrogens with zero attached hydrogens (tertiary/aromatic N) is 3. The number of nitrogens with one attached hydrogen (secondary N) is 1. The number of halogens is 1. The fraction of sp³-hybridized carbons (Fsp3) is 0.0625. The van der Waals surface area contributed by atoms with Crippen molar-refractivity contribution in [3.63, 3.8) is 0 Å². The molecule has 1 N–H and O–H groups in total. The molecule has 1 heterocycles. The maximum Gasteiger partial charge on any atom is 0.183 e. The third-order valence-electron chi connectivity index (χ3n) is 3.05. The van der Waals surface area contributed by atoms with Gasteiger partial charge in [-0.2, -0.15) is 5.26 Å². The van der Waals surface area contributed by atoms with Gasteiger partial charge in [0.25, 0.3) is 0 Å². The summed E-state index contributed by atoms with van der Waals surface area (Å²) in [5.41, 5.74) is 2.48. The van der Waals surface area contributed by atoms with Crippen molar-refractivity contribution in [2.24, 2.45) is 4.99 Å². The first kappa shape index (κ1) is 15.5. The third kappa shape index (κ3) is 3.50. The molecule has 3 aromatic rings. The zero-order chi connectivity index (χ0) is 16.2. The second-order valence-corrected chi connectivity index (χ2v) is 6.36. The van der Waals surface area contributed by atoms with Crippen LogP contribution >= 0.6 is 23.1 Å². The van der Waals surface area contributed by atoms with E-state index in [9.17, 15) is 4.39 Å². The summed E-state index contributed by atoms with van der Waals surface area (Å²) in [4.78, 5) is 8.85. The number of benzene rings is 2. The maximum atomic E-state index is 13.3. The Hall–Kier alpha value is -2.43. The van der Waals surface area contributed by atoms with Crippen LogP contribution in [-0.4, -0.2) is 16.4 Å². The average Bonchev–Trinajstić information content (AvgIpc) is 2.98. The Kier molecular flexibility index (Phi) is 4.55. The van der Waals surface area contributed by atoms with E-state index in [-0.39, 0.29) is 5.82 Å². The molecule has 0 radical (unpaired) electrons. The van der Waals surface area contributed by atoms with E-state index in [0.29, 0.717) is 5.17 Å². The molecule has 0 aliphatic rings. The van der Waals surface area contributed by atoms with Gasteiger partial charge in [-0.15, -0.1) is 11.3 Å². The lowest BCUT2D eigenvalue weighted by Gasteiger charge is -2.01. The molecule has 0 unspecified atom stereocenters. The molecule has 0 saturated heterocycles.